The fraction of sp³-hybridized carbons (Fsp3) is 0.421. The molecule has 2 aromatic carbocycles. The molecule has 284 valence electrons. The lowest BCUT2D eigenvalue weighted by atomic mass is 9.72. The average Bonchev–Trinajstić information content (AvgIpc) is 3.61. The van der Waals surface area contributed by atoms with Gasteiger partial charge in [-0.15, -0.1) is 0 Å². The molecule has 1 spiro atoms. The molecule has 1 unspecified atom stereocenters. The number of primary amides is 1. The number of carbonyl (C=O) groups is 6. The largest absolute Gasteiger partial charge is 0.370 e. The zero-order valence-electron chi connectivity index (χ0n) is 30.4. The normalized spacial score (nSPS) is 23.3. The molecule has 5 fully saturated rings. The molecule has 2 atom stereocenters. The van der Waals surface area contributed by atoms with Gasteiger partial charge in [-0.05, 0) is 55.3 Å². The number of nitrogens with zero attached hydrogens (tertiary/aromatic N) is 8. The van der Waals surface area contributed by atoms with Crippen LogP contribution in [-0.4, -0.2) is 138 Å². The Labute approximate surface area is 316 Å². The molecular formula is C38H41N11O6. The summed E-state index contributed by atoms with van der Waals surface area (Å²) in [6.07, 6.45) is 3.22. The minimum atomic E-state index is -1.13. The number of imide groups is 1. The topological polar surface area (TPSA) is 198 Å². The molecular weight excluding hydrogens is 706 g/mol. The van der Waals surface area contributed by atoms with E-state index < -0.39 is 29.7 Å². The Morgan fingerprint density at radius 3 is 2.31 bits per heavy atom. The van der Waals surface area contributed by atoms with Crippen molar-refractivity contribution in [2.75, 3.05) is 86.0 Å². The van der Waals surface area contributed by atoms with Crippen molar-refractivity contribution in [1.29, 1.82) is 0 Å². The van der Waals surface area contributed by atoms with Gasteiger partial charge in [-0.3, -0.25) is 28.9 Å². The number of fused-ring (bicyclic) bond motifs is 1. The van der Waals surface area contributed by atoms with E-state index in [2.05, 4.69) is 30.3 Å². The van der Waals surface area contributed by atoms with Crippen molar-refractivity contribution in [3.63, 3.8) is 0 Å². The third-order valence-corrected chi connectivity index (χ3v) is 11.8. The lowest BCUT2D eigenvalue weighted by molar-refractivity contribution is -0.133. The fourth-order valence-corrected chi connectivity index (χ4v) is 8.83. The molecule has 17 nitrogen and oxygen atoms in total. The van der Waals surface area contributed by atoms with E-state index in [0.717, 1.165) is 67.5 Å². The third-order valence-electron chi connectivity index (χ3n) is 11.8. The molecule has 3 aromatic rings. The van der Waals surface area contributed by atoms with E-state index in [1.54, 1.807) is 23.2 Å². The summed E-state index contributed by atoms with van der Waals surface area (Å²) in [7, 11) is 1.82. The SMILES string of the molecule is CN1CCN([C@@H]2CCCN(c3cnc(C(N)=O)c(Nc4ccc(N5CC6(C5)CN(c5ccc7c(c5)C(=O)N(C5CC(=O)CNC5=O)C7=O)C6)cc4)n3)C2)C1=O. The van der Waals surface area contributed by atoms with Crippen LogP contribution in [-0.2, 0) is 9.59 Å². The number of likely N-dealkylation sites (N-methyl/N-ethyl adjacent to an activating group) is 1. The molecule has 1 aromatic heterocycles. The van der Waals surface area contributed by atoms with Gasteiger partial charge < -0.3 is 40.9 Å². The molecule has 0 aliphatic carbocycles. The number of piperidine rings is 2. The highest BCUT2D eigenvalue weighted by molar-refractivity contribution is 6.23. The second-order valence-corrected chi connectivity index (χ2v) is 15.5. The Kier molecular flexibility index (Phi) is 8.12. The third kappa shape index (κ3) is 5.93. The van der Waals surface area contributed by atoms with Crippen molar-refractivity contribution < 1.29 is 28.8 Å². The number of nitrogens with two attached hydrogens (primary N) is 1. The van der Waals surface area contributed by atoms with Crippen LogP contribution in [0.4, 0.5) is 33.5 Å². The Balaban J connectivity index is 0.817. The van der Waals surface area contributed by atoms with Gasteiger partial charge in [-0.25, -0.2) is 14.8 Å². The number of hydrogen-bond acceptors (Lipinski definition) is 12. The predicted molar refractivity (Wildman–Crippen MR) is 200 cm³/mol. The molecule has 5 saturated heterocycles. The van der Waals surface area contributed by atoms with Crippen molar-refractivity contribution in [2.45, 2.75) is 31.3 Å². The number of aromatic nitrogens is 2. The van der Waals surface area contributed by atoms with E-state index in [9.17, 15) is 28.8 Å². The van der Waals surface area contributed by atoms with Gasteiger partial charge in [0.25, 0.3) is 17.7 Å². The van der Waals surface area contributed by atoms with Crippen molar-refractivity contribution >= 4 is 64.1 Å². The van der Waals surface area contributed by atoms with E-state index in [1.165, 1.54) is 0 Å². The number of urea groups is 1. The fourth-order valence-electron chi connectivity index (χ4n) is 8.83. The molecule has 6 amide bonds. The number of amides is 6. The van der Waals surface area contributed by atoms with Crippen LogP contribution in [0.25, 0.3) is 0 Å². The van der Waals surface area contributed by atoms with E-state index in [-0.39, 0.29) is 58.9 Å². The molecule has 0 bridgehead atoms. The second-order valence-electron chi connectivity index (χ2n) is 15.5. The van der Waals surface area contributed by atoms with Crippen molar-refractivity contribution in [1.82, 2.24) is 30.0 Å². The minimum absolute atomic E-state index is 0.0433. The number of Topliss-reactive ketones (excluding diaryl/α,β-unsaturated/α-hetero) is 1. The van der Waals surface area contributed by atoms with Crippen LogP contribution in [0.1, 0.15) is 50.5 Å². The van der Waals surface area contributed by atoms with Gasteiger partial charge in [0.2, 0.25) is 5.91 Å². The summed E-state index contributed by atoms with van der Waals surface area (Å²) in [5.74, 6) is -1.62. The molecule has 17 heteroatoms. The summed E-state index contributed by atoms with van der Waals surface area (Å²) >= 11 is 0. The smallest absolute Gasteiger partial charge is 0.320 e. The van der Waals surface area contributed by atoms with Gasteiger partial charge in [0.15, 0.2) is 17.3 Å². The van der Waals surface area contributed by atoms with Crippen LogP contribution >= 0.6 is 0 Å². The van der Waals surface area contributed by atoms with Crippen LogP contribution < -0.4 is 31.1 Å². The van der Waals surface area contributed by atoms with Gasteiger partial charge >= 0.3 is 6.03 Å². The van der Waals surface area contributed by atoms with Crippen LogP contribution in [0.3, 0.4) is 0 Å². The number of carbonyl (C=O) groups excluding carboxylic acids is 6. The van der Waals surface area contributed by atoms with Gasteiger partial charge in [0.05, 0.1) is 29.9 Å². The highest BCUT2D eigenvalue weighted by Gasteiger charge is 2.52. The summed E-state index contributed by atoms with van der Waals surface area (Å²) in [6, 6.07) is 12.1. The maximum absolute atomic E-state index is 13.3. The van der Waals surface area contributed by atoms with Gasteiger partial charge in [-0.1, -0.05) is 0 Å². The molecule has 4 N–H and O–H groups in total. The summed E-state index contributed by atoms with van der Waals surface area (Å²) < 4.78 is 0. The first-order chi connectivity index (χ1) is 26.5. The summed E-state index contributed by atoms with van der Waals surface area (Å²) in [6.45, 7) is 6.02. The van der Waals surface area contributed by atoms with Crippen molar-refractivity contribution in [2.24, 2.45) is 11.1 Å². The standard InChI is InChI=1S/C38H41N11O6/c1-44-11-12-48(37(44)55)25-3-2-10-45(17-25)30-16-40-31(32(39)51)33(43-30)42-22-4-6-23(7-5-22)46-18-38(19-46)20-47(21-38)24-8-9-27-28(13-24)36(54)49(35(27)53)29-14-26(50)15-41-34(29)52/h4-9,13,16,25,29H,2-3,10-12,14-15,17-21H2,1H3,(H2,39,51)(H,41,52)(H,42,43)/t25-,29?/m1/s1. The Morgan fingerprint density at radius 2 is 1.60 bits per heavy atom. The monoisotopic (exact) mass is 747 g/mol. The molecule has 9 rings (SSSR count). The molecule has 6 aliphatic heterocycles. The Bertz CT molecular complexity index is 2150. The van der Waals surface area contributed by atoms with Crippen molar-refractivity contribution in [3.05, 3.63) is 65.5 Å². The van der Waals surface area contributed by atoms with Crippen molar-refractivity contribution in [3.8, 4) is 0 Å². The summed E-state index contributed by atoms with van der Waals surface area (Å²) in [5, 5.41) is 5.72. The molecule has 55 heavy (non-hydrogen) atoms. The number of ketones is 1. The average molecular weight is 748 g/mol. The quantitative estimate of drug-likeness (QED) is 0.277. The first kappa shape index (κ1) is 34.5. The molecule has 7 heterocycles. The van der Waals surface area contributed by atoms with E-state index in [4.69, 9.17) is 10.7 Å². The van der Waals surface area contributed by atoms with Gasteiger partial charge in [0, 0.05) is 88.3 Å². The number of rotatable bonds is 8. The van der Waals surface area contributed by atoms with E-state index in [1.807, 2.05) is 42.3 Å². The molecule has 0 radical (unpaired) electrons. The van der Waals surface area contributed by atoms with E-state index in [0.29, 0.717) is 25.5 Å². The molecule has 6 aliphatic rings. The molecule has 0 saturated carbocycles. The second kappa shape index (κ2) is 13.0. The zero-order chi connectivity index (χ0) is 38.2. The minimum Gasteiger partial charge on any atom is -0.370 e. The first-order valence-electron chi connectivity index (χ1n) is 18.6. The first-order valence-corrected chi connectivity index (χ1v) is 18.6. The predicted octanol–water partition coefficient (Wildman–Crippen LogP) is 1.04. The number of hydrogen-bond donors (Lipinski definition) is 3. The summed E-state index contributed by atoms with van der Waals surface area (Å²) in [4.78, 5) is 96.1. The maximum atomic E-state index is 13.3. The number of nitrogens with one attached hydrogen (secondary N) is 2. The van der Waals surface area contributed by atoms with Crippen LogP contribution in [0, 0.1) is 5.41 Å². The zero-order valence-corrected chi connectivity index (χ0v) is 30.4. The van der Waals surface area contributed by atoms with Crippen LogP contribution in [0.5, 0.6) is 0 Å². The Hall–Kier alpha value is -6.26. The lowest BCUT2D eigenvalue weighted by Gasteiger charge is -2.61. The highest BCUT2D eigenvalue weighted by Crippen LogP contribution is 2.44. The van der Waals surface area contributed by atoms with Gasteiger partial charge in [-0.2, -0.15) is 0 Å². The maximum Gasteiger partial charge on any atom is 0.320 e. The van der Waals surface area contributed by atoms with E-state index >= 15 is 0 Å². The van der Waals surface area contributed by atoms with Crippen LogP contribution in [0.2, 0.25) is 0 Å². The Morgan fingerprint density at radius 1 is 0.891 bits per heavy atom. The van der Waals surface area contributed by atoms with Gasteiger partial charge in [0.1, 0.15) is 11.9 Å². The van der Waals surface area contributed by atoms with Crippen LogP contribution in [0.15, 0.2) is 48.7 Å². The lowest BCUT2D eigenvalue weighted by Crippen LogP contribution is -2.72. The number of benzene rings is 2. The highest BCUT2D eigenvalue weighted by atomic mass is 16.2. The number of anilines is 5. The summed E-state index contributed by atoms with van der Waals surface area (Å²) in [5.41, 5.74) is 8.93.